The van der Waals surface area contributed by atoms with Crippen LogP contribution in [0.1, 0.15) is 5.56 Å². The minimum Gasteiger partial charge on any atom is -0.306 e. The Morgan fingerprint density at radius 3 is 2.95 bits per heavy atom. The average Bonchev–Trinajstić information content (AvgIpc) is 3.00. The summed E-state index contributed by atoms with van der Waals surface area (Å²) in [6.45, 7) is 0. The Balaban J connectivity index is 1.66. The third-order valence-corrected chi connectivity index (χ3v) is 4.55. The Morgan fingerprint density at radius 1 is 1.23 bits per heavy atom. The SMILES string of the molecule is O=C(Nc1ccccc1)n1cc2c(n1)-c1ccc[nH+]c1SC2. The number of pyridine rings is 1. The van der Waals surface area contributed by atoms with Gasteiger partial charge in [-0.15, -0.1) is 0 Å². The summed E-state index contributed by atoms with van der Waals surface area (Å²) in [4.78, 5) is 15.5. The van der Waals surface area contributed by atoms with Crippen molar-refractivity contribution >= 4 is 23.5 Å². The zero-order valence-corrected chi connectivity index (χ0v) is 12.4. The van der Waals surface area contributed by atoms with Crippen LogP contribution in [0.5, 0.6) is 0 Å². The summed E-state index contributed by atoms with van der Waals surface area (Å²) in [6, 6.07) is 13.1. The molecular weight excluding hydrogens is 296 g/mol. The molecule has 2 N–H and O–H groups in total. The Morgan fingerprint density at radius 2 is 2.09 bits per heavy atom. The van der Waals surface area contributed by atoms with Gasteiger partial charge in [0.25, 0.3) is 0 Å². The van der Waals surface area contributed by atoms with Gasteiger partial charge in [0.2, 0.25) is 5.03 Å². The van der Waals surface area contributed by atoms with Gasteiger partial charge in [0.1, 0.15) is 5.69 Å². The highest BCUT2D eigenvalue weighted by atomic mass is 32.2. The van der Waals surface area contributed by atoms with Gasteiger partial charge in [0, 0.05) is 29.3 Å². The molecule has 5 nitrogen and oxygen atoms in total. The largest absolute Gasteiger partial charge is 0.346 e. The molecule has 0 spiro atoms. The molecule has 3 heterocycles. The van der Waals surface area contributed by atoms with Crippen LogP contribution in [0.4, 0.5) is 10.5 Å². The van der Waals surface area contributed by atoms with Crippen molar-refractivity contribution in [1.29, 1.82) is 0 Å². The Kier molecular flexibility index (Phi) is 3.16. The van der Waals surface area contributed by atoms with E-state index in [-0.39, 0.29) is 6.03 Å². The highest BCUT2D eigenvalue weighted by Crippen LogP contribution is 2.37. The molecule has 0 saturated carbocycles. The fourth-order valence-electron chi connectivity index (χ4n) is 2.43. The summed E-state index contributed by atoms with van der Waals surface area (Å²) in [5.74, 6) is 0.807. The van der Waals surface area contributed by atoms with Crippen LogP contribution in [0, 0.1) is 0 Å². The third-order valence-electron chi connectivity index (χ3n) is 3.47. The number of hydrogen-bond donors (Lipinski definition) is 1. The molecule has 108 valence electrons. The molecule has 0 bridgehead atoms. The van der Waals surface area contributed by atoms with Gasteiger partial charge in [-0.05, 0) is 18.2 Å². The Hall–Kier alpha value is -2.60. The number of anilines is 1. The minimum absolute atomic E-state index is 0.257. The number of H-pyrrole nitrogens is 1. The predicted octanol–water partition coefficient (Wildman–Crippen LogP) is 3.05. The lowest BCUT2D eigenvalue weighted by Crippen LogP contribution is -2.19. The topological polar surface area (TPSA) is 61.1 Å². The molecule has 1 aromatic carbocycles. The maximum absolute atomic E-state index is 12.3. The number of thioether (sulfide) groups is 1. The fourth-order valence-corrected chi connectivity index (χ4v) is 3.41. The molecule has 1 aliphatic heterocycles. The fraction of sp³-hybridized carbons (Fsp3) is 0.0625. The van der Waals surface area contributed by atoms with Gasteiger partial charge < -0.3 is 5.32 Å². The van der Waals surface area contributed by atoms with Crippen molar-refractivity contribution < 1.29 is 9.78 Å². The number of amides is 1. The number of nitrogens with one attached hydrogen (secondary N) is 2. The zero-order valence-electron chi connectivity index (χ0n) is 11.6. The first-order valence-electron chi connectivity index (χ1n) is 6.90. The van der Waals surface area contributed by atoms with E-state index >= 15 is 0 Å². The molecule has 0 atom stereocenters. The lowest BCUT2D eigenvalue weighted by molar-refractivity contribution is -0.425. The second kappa shape index (κ2) is 5.31. The van der Waals surface area contributed by atoms with Crippen molar-refractivity contribution in [3.8, 4) is 11.3 Å². The maximum atomic E-state index is 12.3. The molecule has 1 aliphatic rings. The number of carbonyl (C=O) groups is 1. The molecule has 0 radical (unpaired) electrons. The molecule has 22 heavy (non-hydrogen) atoms. The molecule has 0 saturated heterocycles. The van der Waals surface area contributed by atoms with Crippen LogP contribution in [0.2, 0.25) is 0 Å². The van der Waals surface area contributed by atoms with E-state index in [1.54, 1.807) is 18.0 Å². The van der Waals surface area contributed by atoms with Crippen LogP contribution in [-0.2, 0) is 5.75 Å². The number of benzene rings is 1. The van der Waals surface area contributed by atoms with E-state index in [1.165, 1.54) is 4.68 Å². The summed E-state index contributed by atoms with van der Waals surface area (Å²) < 4.78 is 1.38. The van der Waals surface area contributed by atoms with Crippen LogP contribution >= 0.6 is 11.8 Å². The van der Waals surface area contributed by atoms with Gasteiger partial charge in [0.15, 0.2) is 6.20 Å². The number of fused-ring (bicyclic) bond motifs is 3. The highest BCUT2D eigenvalue weighted by Gasteiger charge is 2.25. The van der Waals surface area contributed by atoms with Gasteiger partial charge in [-0.25, -0.2) is 9.78 Å². The Labute approximate surface area is 131 Å². The number of rotatable bonds is 1. The van der Waals surface area contributed by atoms with E-state index in [1.807, 2.05) is 48.7 Å². The molecule has 4 rings (SSSR count). The van der Waals surface area contributed by atoms with Crippen molar-refractivity contribution in [3.63, 3.8) is 0 Å². The number of para-hydroxylation sites is 1. The summed E-state index contributed by atoms with van der Waals surface area (Å²) in [5.41, 5.74) is 3.73. The molecular formula is C16H13N4OS+. The standard InChI is InChI=1S/C16H12N4OS/c21-16(18-12-5-2-1-3-6-12)20-9-11-10-22-15-13(14(11)19-20)7-4-8-17-15/h1-9H,10H2,(H,18,21)/p+1. The second-order valence-corrected chi connectivity index (χ2v) is 5.93. The number of aromatic nitrogens is 3. The smallest absolute Gasteiger partial charge is 0.306 e. The van der Waals surface area contributed by atoms with Gasteiger partial charge in [-0.1, -0.05) is 30.0 Å². The van der Waals surface area contributed by atoms with Crippen LogP contribution < -0.4 is 10.3 Å². The highest BCUT2D eigenvalue weighted by molar-refractivity contribution is 7.98. The number of carbonyl (C=O) groups excluding carboxylic acids is 1. The van der Waals surface area contributed by atoms with E-state index in [2.05, 4.69) is 15.4 Å². The van der Waals surface area contributed by atoms with Gasteiger partial charge in [0.05, 0.1) is 5.56 Å². The van der Waals surface area contributed by atoms with Crippen LogP contribution in [0.15, 0.2) is 59.9 Å². The Bertz CT molecular complexity index is 844. The number of hydrogen-bond acceptors (Lipinski definition) is 3. The number of nitrogens with zero attached hydrogens (tertiary/aromatic N) is 2. The monoisotopic (exact) mass is 309 g/mol. The first-order valence-corrected chi connectivity index (χ1v) is 7.88. The summed E-state index contributed by atoms with van der Waals surface area (Å²) in [6.07, 6.45) is 3.70. The van der Waals surface area contributed by atoms with Crippen molar-refractivity contribution in [2.75, 3.05) is 5.32 Å². The van der Waals surface area contributed by atoms with E-state index in [0.29, 0.717) is 0 Å². The van der Waals surface area contributed by atoms with Gasteiger partial charge in [-0.3, -0.25) is 0 Å². The van der Waals surface area contributed by atoms with Crippen molar-refractivity contribution in [2.24, 2.45) is 0 Å². The number of aromatic amines is 1. The van der Waals surface area contributed by atoms with Gasteiger partial charge >= 0.3 is 6.03 Å². The first kappa shape index (κ1) is 13.1. The third kappa shape index (κ3) is 2.27. The normalized spacial score (nSPS) is 12.4. The van der Waals surface area contributed by atoms with Crippen LogP contribution in [-0.4, -0.2) is 15.8 Å². The maximum Gasteiger partial charge on any atom is 0.346 e. The zero-order chi connectivity index (χ0) is 14.9. The minimum atomic E-state index is -0.257. The van der Waals surface area contributed by atoms with Crippen LogP contribution in [0.25, 0.3) is 11.3 Å². The van der Waals surface area contributed by atoms with E-state index in [0.717, 1.165) is 33.3 Å². The van der Waals surface area contributed by atoms with Crippen molar-refractivity contribution in [3.05, 3.63) is 60.4 Å². The first-order chi connectivity index (χ1) is 10.8. The quantitative estimate of drug-likeness (QED) is 0.751. The van der Waals surface area contributed by atoms with E-state index < -0.39 is 0 Å². The molecule has 2 aromatic heterocycles. The molecule has 0 unspecified atom stereocenters. The lowest BCUT2D eigenvalue weighted by atomic mass is 10.1. The predicted molar refractivity (Wildman–Crippen MR) is 84.6 cm³/mol. The second-order valence-electron chi connectivity index (χ2n) is 4.95. The van der Waals surface area contributed by atoms with E-state index in [9.17, 15) is 4.79 Å². The summed E-state index contributed by atoms with van der Waals surface area (Å²) in [5, 5.41) is 8.38. The summed E-state index contributed by atoms with van der Waals surface area (Å²) in [7, 11) is 0. The molecule has 0 aliphatic carbocycles. The lowest BCUT2D eigenvalue weighted by Gasteiger charge is -2.07. The molecule has 0 fully saturated rings. The van der Waals surface area contributed by atoms with E-state index in [4.69, 9.17) is 0 Å². The van der Waals surface area contributed by atoms with Crippen molar-refractivity contribution in [2.45, 2.75) is 10.8 Å². The van der Waals surface area contributed by atoms with Crippen LogP contribution in [0.3, 0.4) is 0 Å². The molecule has 6 heteroatoms. The average molecular weight is 309 g/mol. The van der Waals surface area contributed by atoms with Crippen molar-refractivity contribution in [1.82, 2.24) is 9.78 Å². The molecule has 1 amide bonds. The summed E-state index contributed by atoms with van der Waals surface area (Å²) >= 11 is 1.72. The molecule has 3 aromatic rings. The van der Waals surface area contributed by atoms with Gasteiger partial charge in [-0.2, -0.15) is 9.78 Å².